The van der Waals surface area contributed by atoms with Crippen molar-refractivity contribution in [1.82, 2.24) is 10.2 Å². The number of rotatable bonds is 5. The summed E-state index contributed by atoms with van der Waals surface area (Å²) in [4.78, 5) is 12.6. The third-order valence-corrected chi connectivity index (χ3v) is 4.04. The lowest BCUT2D eigenvalue weighted by Gasteiger charge is -2.14. The van der Waals surface area contributed by atoms with Gasteiger partial charge in [0, 0.05) is 17.4 Å². The standard InChI is InChI=1S/C16H20N4O/c1-2-3-13-10-14(20-19-13)18-15(21)16(8-9-16)11-4-6-12(17)7-5-11/h4-7,10H,2-3,8-9,17H2,1H3,(H2,18,19,20,21). The molecule has 1 heterocycles. The SMILES string of the molecule is CCCc1cc(NC(=O)C2(c3ccc(N)cc3)CC2)n[nH]1. The molecule has 110 valence electrons. The molecule has 0 bridgehead atoms. The van der Waals surface area contributed by atoms with E-state index in [0.29, 0.717) is 11.5 Å². The zero-order valence-electron chi connectivity index (χ0n) is 12.1. The van der Waals surface area contributed by atoms with Gasteiger partial charge in [0.15, 0.2) is 5.82 Å². The Morgan fingerprint density at radius 2 is 2.10 bits per heavy atom. The summed E-state index contributed by atoms with van der Waals surface area (Å²) in [6, 6.07) is 9.47. The molecule has 1 saturated carbocycles. The van der Waals surface area contributed by atoms with E-state index in [9.17, 15) is 4.79 Å². The van der Waals surface area contributed by atoms with Gasteiger partial charge in [-0.05, 0) is 37.0 Å². The quantitative estimate of drug-likeness (QED) is 0.738. The first-order valence-corrected chi connectivity index (χ1v) is 7.36. The number of anilines is 2. The second kappa shape index (κ2) is 5.24. The van der Waals surface area contributed by atoms with Gasteiger partial charge in [-0.1, -0.05) is 25.5 Å². The van der Waals surface area contributed by atoms with E-state index in [1.54, 1.807) is 0 Å². The number of carbonyl (C=O) groups excluding carboxylic acids is 1. The molecule has 1 aromatic carbocycles. The Morgan fingerprint density at radius 3 is 2.71 bits per heavy atom. The molecule has 1 aliphatic carbocycles. The number of nitrogens with one attached hydrogen (secondary N) is 2. The first kappa shape index (κ1) is 13.7. The van der Waals surface area contributed by atoms with Crippen LogP contribution in [0.2, 0.25) is 0 Å². The summed E-state index contributed by atoms with van der Waals surface area (Å²) in [6.07, 6.45) is 3.72. The third kappa shape index (κ3) is 2.63. The Hall–Kier alpha value is -2.30. The van der Waals surface area contributed by atoms with Crippen molar-refractivity contribution in [2.75, 3.05) is 11.1 Å². The number of aryl methyl sites for hydroxylation is 1. The predicted octanol–water partition coefficient (Wildman–Crippen LogP) is 2.61. The molecule has 5 nitrogen and oxygen atoms in total. The van der Waals surface area contributed by atoms with Crippen LogP contribution in [0.1, 0.15) is 37.4 Å². The second-order valence-electron chi connectivity index (χ2n) is 5.69. The topological polar surface area (TPSA) is 83.8 Å². The highest BCUT2D eigenvalue weighted by molar-refractivity contribution is 6.00. The zero-order chi connectivity index (χ0) is 14.9. The Bertz CT molecular complexity index is 641. The smallest absolute Gasteiger partial charge is 0.236 e. The number of amides is 1. The summed E-state index contributed by atoms with van der Waals surface area (Å²) in [5.74, 6) is 0.618. The van der Waals surface area contributed by atoms with Gasteiger partial charge in [0.2, 0.25) is 5.91 Å². The van der Waals surface area contributed by atoms with Crippen molar-refractivity contribution in [2.24, 2.45) is 0 Å². The van der Waals surface area contributed by atoms with E-state index < -0.39 is 5.41 Å². The number of hydrogen-bond acceptors (Lipinski definition) is 3. The molecule has 1 fully saturated rings. The van der Waals surface area contributed by atoms with Crippen LogP contribution in [0.3, 0.4) is 0 Å². The average molecular weight is 284 g/mol. The monoisotopic (exact) mass is 284 g/mol. The predicted molar refractivity (Wildman–Crippen MR) is 83.0 cm³/mol. The van der Waals surface area contributed by atoms with Gasteiger partial charge in [-0.3, -0.25) is 9.89 Å². The van der Waals surface area contributed by atoms with E-state index >= 15 is 0 Å². The molecule has 0 radical (unpaired) electrons. The molecule has 21 heavy (non-hydrogen) atoms. The molecule has 1 amide bonds. The van der Waals surface area contributed by atoms with Crippen LogP contribution in [0.25, 0.3) is 0 Å². The molecule has 3 rings (SSSR count). The van der Waals surface area contributed by atoms with Crippen LogP contribution < -0.4 is 11.1 Å². The van der Waals surface area contributed by atoms with E-state index in [2.05, 4.69) is 22.4 Å². The van der Waals surface area contributed by atoms with Gasteiger partial charge < -0.3 is 11.1 Å². The fraction of sp³-hybridized carbons (Fsp3) is 0.375. The molecule has 4 N–H and O–H groups in total. The number of nitrogens with zero attached hydrogens (tertiary/aromatic N) is 1. The van der Waals surface area contributed by atoms with Gasteiger partial charge in [-0.2, -0.15) is 5.10 Å². The Morgan fingerprint density at radius 1 is 1.38 bits per heavy atom. The Kier molecular flexibility index (Phi) is 3.41. The summed E-state index contributed by atoms with van der Waals surface area (Å²) in [5.41, 5.74) is 8.09. The number of hydrogen-bond donors (Lipinski definition) is 3. The van der Waals surface area contributed by atoms with E-state index in [0.717, 1.165) is 36.9 Å². The minimum Gasteiger partial charge on any atom is -0.399 e. The van der Waals surface area contributed by atoms with Crippen molar-refractivity contribution in [2.45, 2.75) is 38.0 Å². The number of benzene rings is 1. The molecular weight excluding hydrogens is 264 g/mol. The highest BCUT2D eigenvalue weighted by Crippen LogP contribution is 2.49. The number of nitrogens with two attached hydrogens (primary N) is 1. The first-order valence-electron chi connectivity index (χ1n) is 7.36. The molecule has 2 aromatic rings. The van der Waals surface area contributed by atoms with Gasteiger partial charge in [0.25, 0.3) is 0 Å². The largest absolute Gasteiger partial charge is 0.399 e. The molecule has 0 aliphatic heterocycles. The van der Waals surface area contributed by atoms with Gasteiger partial charge in [0.1, 0.15) is 0 Å². The Balaban J connectivity index is 1.73. The summed E-state index contributed by atoms with van der Waals surface area (Å²) in [6.45, 7) is 2.11. The van der Waals surface area contributed by atoms with E-state index in [1.165, 1.54) is 0 Å². The van der Waals surface area contributed by atoms with Gasteiger partial charge >= 0.3 is 0 Å². The highest BCUT2D eigenvalue weighted by Gasteiger charge is 2.51. The molecular formula is C16H20N4O. The van der Waals surface area contributed by atoms with Crippen molar-refractivity contribution in [3.05, 3.63) is 41.6 Å². The van der Waals surface area contributed by atoms with Gasteiger partial charge in [0.05, 0.1) is 5.41 Å². The average Bonchev–Trinajstić information content (AvgIpc) is 3.17. The summed E-state index contributed by atoms with van der Waals surface area (Å²) in [7, 11) is 0. The van der Waals surface area contributed by atoms with E-state index in [-0.39, 0.29) is 5.91 Å². The molecule has 0 unspecified atom stereocenters. The van der Waals surface area contributed by atoms with Gasteiger partial charge in [-0.25, -0.2) is 0 Å². The number of carbonyl (C=O) groups is 1. The fourth-order valence-electron chi connectivity index (χ4n) is 2.63. The second-order valence-corrected chi connectivity index (χ2v) is 5.69. The summed E-state index contributed by atoms with van der Waals surface area (Å²) in [5, 5.41) is 10.0. The van der Waals surface area contributed by atoms with Crippen LogP contribution >= 0.6 is 0 Å². The summed E-state index contributed by atoms with van der Waals surface area (Å²) < 4.78 is 0. The van der Waals surface area contributed by atoms with Crippen molar-refractivity contribution in [3.8, 4) is 0 Å². The van der Waals surface area contributed by atoms with Crippen molar-refractivity contribution in [3.63, 3.8) is 0 Å². The van der Waals surface area contributed by atoms with Crippen LogP contribution in [0, 0.1) is 0 Å². The lowest BCUT2D eigenvalue weighted by Crippen LogP contribution is -2.27. The fourth-order valence-corrected chi connectivity index (χ4v) is 2.63. The summed E-state index contributed by atoms with van der Waals surface area (Å²) >= 11 is 0. The van der Waals surface area contributed by atoms with Crippen LogP contribution in [0.15, 0.2) is 30.3 Å². The Labute approximate surface area is 123 Å². The van der Waals surface area contributed by atoms with Crippen molar-refractivity contribution in [1.29, 1.82) is 0 Å². The lowest BCUT2D eigenvalue weighted by atomic mass is 9.95. The van der Waals surface area contributed by atoms with Crippen molar-refractivity contribution < 1.29 is 4.79 Å². The third-order valence-electron chi connectivity index (χ3n) is 4.04. The molecule has 1 aliphatic rings. The molecule has 0 saturated heterocycles. The molecule has 0 atom stereocenters. The van der Waals surface area contributed by atoms with Crippen LogP contribution in [0.5, 0.6) is 0 Å². The minimum absolute atomic E-state index is 0.0156. The maximum absolute atomic E-state index is 12.6. The number of H-pyrrole nitrogens is 1. The number of aromatic nitrogens is 2. The minimum atomic E-state index is -0.405. The van der Waals surface area contributed by atoms with E-state index in [1.807, 2.05) is 30.3 Å². The number of aromatic amines is 1. The molecule has 0 spiro atoms. The molecule has 5 heteroatoms. The van der Waals surface area contributed by atoms with Crippen LogP contribution in [-0.2, 0) is 16.6 Å². The highest BCUT2D eigenvalue weighted by atomic mass is 16.2. The number of nitrogen functional groups attached to an aromatic ring is 1. The normalized spacial score (nSPS) is 15.7. The molecule has 1 aromatic heterocycles. The maximum Gasteiger partial charge on any atom is 0.236 e. The van der Waals surface area contributed by atoms with Gasteiger partial charge in [-0.15, -0.1) is 0 Å². The van der Waals surface area contributed by atoms with E-state index in [4.69, 9.17) is 5.73 Å². The lowest BCUT2D eigenvalue weighted by molar-refractivity contribution is -0.118. The first-order chi connectivity index (χ1) is 10.1. The van der Waals surface area contributed by atoms with Crippen LogP contribution in [-0.4, -0.2) is 16.1 Å². The maximum atomic E-state index is 12.6. The van der Waals surface area contributed by atoms with Crippen LogP contribution in [0.4, 0.5) is 11.5 Å². The van der Waals surface area contributed by atoms with Crippen molar-refractivity contribution >= 4 is 17.4 Å². The zero-order valence-corrected chi connectivity index (χ0v) is 12.1.